The van der Waals surface area contributed by atoms with Gasteiger partial charge in [-0.2, -0.15) is 0 Å². The van der Waals surface area contributed by atoms with Crippen LogP contribution in [0, 0.1) is 0 Å². The first kappa shape index (κ1) is 20.1. The molecule has 1 saturated heterocycles. The van der Waals surface area contributed by atoms with E-state index in [1.54, 1.807) is 32.2 Å². The molecule has 1 aromatic heterocycles. The Morgan fingerprint density at radius 2 is 1.93 bits per heavy atom. The minimum Gasteiger partial charge on any atom is -0.508 e. The van der Waals surface area contributed by atoms with Gasteiger partial charge in [-0.15, -0.1) is 0 Å². The van der Waals surface area contributed by atoms with Crippen LogP contribution in [0.3, 0.4) is 0 Å². The summed E-state index contributed by atoms with van der Waals surface area (Å²) in [6.45, 7) is 7.01. The van der Waals surface area contributed by atoms with Gasteiger partial charge < -0.3 is 24.6 Å². The van der Waals surface area contributed by atoms with Crippen molar-refractivity contribution in [3.05, 3.63) is 47.7 Å². The molecule has 28 heavy (non-hydrogen) atoms. The average Bonchev–Trinajstić information content (AvgIpc) is 2.68. The number of aliphatic imine (C=N–C) groups is 1. The van der Waals surface area contributed by atoms with E-state index in [1.807, 2.05) is 24.3 Å². The summed E-state index contributed by atoms with van der Waals surface area (Å²) in [5, 5.41) is 19.3. The van der Waals surface area contributed by atoms with E-state index in [1.165, 1.54) is 0 Å². The van der Waals surface area contributed by atoms with Gasteiger partial charge in [-0.3, -0.25) is 4.99 Å². The van der Waals surface area contributed by atoms with Crippen LogP contribution in [-0.4, -0.2) is 59.9 Å². The molecule has 0 saturated carbocycles. The highest BCUT2D eigenvalue weighted by molar-refractivity contribution is 5.79. The number of aromatic hydroxyl groups is 1. The van der Waals surface area contributed by atoms with Crippen LogP contribution in [-0.2, 0) is 11.3 Å². The fourth-order valence-electron chi connectivity index (χ4n) is 2.75. The van der Waals surface area contributed by atoms with Gasteiger partial charge >= 0.3 is 0 Å². The molecular formula is C21H27N3O4. The van der Waals surface area contributed by atoms with Crippen molar-refractivity contribution in [2.45, 2.75) is 26.0 Å². The molecule has 0 aliphatic carbocycles. The van der Waals surface area contributed by atoms with E-state index in [-0.39, 0.29) is 12.4 Å². The van der Waals surface area contributed by atoms with E-state index in [9.17, 15) is 10.2 Å². The van der Waals surface area contributed by atoms with Crippen molar-refractivity contribution in [1.82, 2.24) is 4.98 Å². The topological polar surface area (TPSA) is 87.4 Å². The number of pyridine rings is 1. The Kier molecular flexibility index (Phi) is 6.49. The van der Waals surface area contributed by atoms with Crippen LogP contribution < -0.4 is 9.64 Å². The SMILES string of the molecule is CC(C)(O)COc1cc(N2CCOCC2)cc(C=NCc2ccc(O)cc2)n1. The Morgan fingerprint density at radius 1 is 1.21 bits per heavy atom. The Balaban J connectivity index is 1.77. The normalized spacial score (nSPS) is 15.2. The fourth-order valence-corrected chi connectivity index (χ4v) is 2.75. The third kappa shape index (κ3) is 6.21. The summed E-state index contributed by atoms with van der Waals surface area (Å²) in [5.74, 6) is 0.693. The lowest BCUT2D eigenvalue weighted by Crippen LogP contribution is -2.36. The maximum absolute atomic E-state index is 9.93. The Labute approximate surface area is 165 Å². The van der Waals surface area contributed by atoms with Crippen molar-refractivity contribution in [1.29, 1.82) is 0 Å². The number of hydrogen-bond donors (Lipinski definition) is 2. The van der Waals surface area contributed by atoms with Gasteiger partial charge in [0.15, 0.2) is 0 Å². The number of phenols is 1. The monoisotopic (exact) mass is 385 g/mol. The first-order chi connectivity index (χ1) is 13.4. The molecule has 0 radical (unpaired) electrons. The molecule has 7 nitrogen and oxygen atoms in total. The predicted octanol–water partition coefficient (Wildman–Crippen LogP) is 2.39. The summed E-state index contributed by atoms with van der Waals surface area (Å²) < 4.78 is 11.1. The standard InChI is InChI=1S/C21H27N3O4/c1-21(2,26)15-28-20-12-18(24-7-9-27-10-8-24)11-17(23-20)14-22-13-16-3-5-19(25)6-4-16/h3-6,11-12,14,25-26H,7-10,13,15H2,1-2H3. The molecule has 1 aliphatic rings. The Hall–Kier alpha value is -2.64. The highest BCUT2D eigenvalue weighted by Gasteiger charge is 2.17. The van der Waals surface area contributed by atoms with E-state index in [2.05, 4.69) is 14.9 Å². The van der Waals surface area contributed by atoms with Crippen LogP contribution in [0.4, 0.5) is 5.69 Å². The molecule has 0 amide bonds. The third-order valence-corrected chi connectivity index (χ3v) is 4.19. The van der Waals surface area contributed by atoms with Crippen LogP contribution in [0.15, 0.2) is 41.4 Å². The molecule has 0 atom stereocenters. The van der Waals surface area contributed by atoms with Gasteiger partial charge in [0.25, 0.3) is 0 Å². The number of rotatable bonds is 7. The van der Waals surface area contributed by atoms with E-state index in [0.717, 1.165) is 24.3 Å². The third-order valence-electron chi connectivity index (χ3n) is 4.19. The number of nitrogens with zero attached hydrogens (tertiary/aromatic N) is 3. The van der Waals surface area contributed by atoms with Crippen molar-refractivity contribution >= 4 is 11.9 Å². The lowest BCUT2D eigenvalue weighted by atomic mass is 10.2. The number of morpholine rings is 1. The first-order valence-electron chi connectivity index (χ1n) is 9.37. The zero-order valence-corrected chi connectivity index (χ0v) is 16.3. The summed E-state index contributed by atoms with van der Waals surface area (Å²) in [7, 11) is 0. The number of ether oxygens (including phenoxy) is 2. The van der Waals surface area contributed by atoms with Gasteiger partial charge in [0, 0.05) is 31.1 Å². The molecule has 7 heteroatoms. The summed E-state index contributed by atoms with van der Waals surface area (Å²) in [5.41, 5.74) is 1.74. The molecule has 0 unspecified atom stereocenters. The predicted molar refractivity (Wildman–Crippen MR) is 108 cm³/mol. The number of aliphatic hydroxyl groups is 1. The molecular weight excluding hydrogens is 358 g/mol. The summed E-state index contributed by atoms with van der Waals surface area (Å²) in [6.07, 6.45) is 1.72. The van der Waals surface area contributed by atoms with E-state index in [4.69, 9.17) is 9.47 Å². The zero-order chi connectivity index (χ0) is 20.0. The smallest absolute Gasteiger partial charge is 0.216 e. The molecule has 0 bridgehead atoms. The van der Waals surface area contributed by atoms with E-state index in [0.29, 0.717) is 31.3 Å². The van der Waals surface area contributed by atoms with E-state index < -0.39 is 5.60 Å². The number of aromatic nitrogens is 1. The van der Waals surface area contributed by atoms with Gasteiger partial charge in [-0.05, 0) is 37.6 Å². The van der Waals surface area contributed by atoms with Crippen molar-refractivity contribution in [2.75, 3.05) is 37.8 Å². The highest BCUT2D eigenvalue weighted by atomic mass is 16.5. The lowest BCUT2D eigenvalue weighted by Gasteiger charge is -2.29. The van der Waals surface area contributed by atoms with Crippen LogP contribution in [0.5, 0.6) is 11.6 Å². The number of hydrogen-bond acceptors (Lipinski definition) is 7. The van der Waals surface area contributed by atoms with Crippen molar-refractivity contribution < 1.29 is 19.7 Å². The summed E-state index contributed by atoms with van der Waals surface area (Å²) in [6, 6.07) is 10.8. The Morgan fingerprint density at radius 3 is 2.61 bits per heavy atom. The molecule has 0 spiro atoms. The second-order valence-corrected chi connectivity index (χ2v) is 7.43. The summed E-state index contributed by atoms with van der Waals surface area (Å²) in [4.78, 5) is 11.2. The molecule has 2 aromatic rings. The highest BCUT2D eigenvalue weighted by Crippen LogP contribution is 2.22. The maximum atomic E-state index is 9.93. The maximum Gasteiger partial charge on any atom is 0.216 e. The fraction of sp³-hybridized carbons (Fsp3) is 0.429. The molecule has 2 N–H and O–H groups in total. The second kappa shape index (κ2) is 9.03. The van der Waals surface area contributed by atoms with Gasteiger partial charge in [0.05, 0.1) is 31.1 Å². The van der Waals surface area contributed by atoms with Gasteiger partial charge in [0.1, 0.15) is 12.4 Å². The lowest BCUT2D eigenvalue weighted by molar-refractivity contribution is 0.0268. The molecule has 1 aromatic carbocycles. The van der Waals surface area contributed by atoms with Crippen molar-refractivity contribution in [2.24, 2.45) is 4.99 Å². The zero-order valence-electron chi connectivity index (χ0n) is 16.3. The average molecular weight is 385 g/mol. The molecule has 150 valence electrons. The second-order valence-electron chi connectivity index (χ2n) is 7.43. The van der Waals surface area contributed by atoms with Gasteiger partial charge in [-0.1, -0.05) is 12.1 Å². The van der Waals surface area contributed by atoms with Gasteiger partial charge in [-0.25, -0.2) is 4.98 Å². The minimum absolute atomic E-state index is 0.149. The van der Waals surface area contributed by atoms with Crippen LogP contribution in [0.1, 0.15) is 25.1 Å². The quantitative estimate of drug-likeness (QED) is 0.712. The van der Waals surface area contributed by atoms with Crippen molar-refractivity contribution in [3.8, 4) is 11.6 Å². The minimum atomic E-state index is -0.941. The Bertz CT molecular complexity index is 794. The number of benzene rings is 1. The molecule has 2 heterocycles. The molecule has 1 fully saturated rings. The number of phenolic OH excluding ortho intramolecular Hbond substituents is 1. The first-order valence-corrected chi connectivity index (χ1v) is 9.37. The van der Waals surface area contributed by atoms with Crippen molar-refractivity contribution in [3.63, 3.8) is 0 Å². The molecule has 3 rings (SSSR count). The van der Waals surface area contributed by atoms with Crippen LogP contribution in [0.2, 0.25) is 0 Å². The van der Waals surface area contributed by atoms with Gasteiger partial charge in [0.2, 0.25) is 5.88 Å². The van der Waals surface area contributed by atoms with Crippen LogP contribution >= 0.6 is 0 Å². The molecule has 1 aliphatic heterocycles. The largest absolute Gasteiger partial charge is 0.508 e. The van der Waals surface area contributed by atoms with E-state index >= 15 is 0 Å². The van der Waals surface area contributed by atoms with Crippen LogP contribution in [0.25, 0.3) is 0 Å². The number of anilines is 1. The summed E-state index contributed by atoms with van der Waals surface area (Å²) >= 11 is 0.